The molecule has 1 aromatic rings. The first-order chi connectivity index (χ1) is 8.51. The molecule has 1 heterocycles. The fourth-order valence-electron chi connectivity index (χ4n) is 1.69. The van der Waals surface area contributed by atoms with E-state index >= 15 is 0 Å². The first-order valence-corrected chi connectivity index (χ1v) is 7.15. The van der Waals surface area contributed by atoms with Gasteiger partial charge in [-0.2, -0.15) is 0 Å². The van der Waals surface area contributed by atoms with E-state index in [1.807, 2.05) is 27.8 Å². The van der Waals surface area contributed by atoms with E-state index in [9.17, 15) is 4.79 Å². The highest BCUT2D eigenvalue weighted by atomic mass is 32.1. The molecule has 0 aromatic carbocycles. The first-order valence-electron chi connectivity index (χ1n) is 6.33. The molecule has 0 aliphatic carbocycles. The molecule has 0 aliphatic heterocycles. The molecule has 0 radical (unpaired) electrons. The maximum Gasteiger partial charge on any atom is 0.350 e. The van der Waals surface area contributed by atoms with Crippen molar-refractivity contribution in [3.05, 3.63) is 15.6 Å². The topological polar surface area (TPSA) is 51.2 Å². The highest BCUT2D eigenvalue weighted by Gasteiger charge is 2.23. The van der Waals surface area contributed by atoms with Crippen molar-refractivity contribution < 1.29 is 9.53 Å². The number of rotatable bonds is 6. The molecular weight excluding hydrogens is 248 g/mol. The van der Waals surface area contributed by atoms with Gasteiger partial charge < -0.3 is 10.1 Å². The molecule has 18 heavy (non-hydrogen) atoms. The van der Waals surface area contributed by atoms with Gasteiger partial charge in [-0.1, -0.05) is 20.8 Å². The van der Waals surface area contributed by atoms with Crippen molar-refractivity contribution in [3.8, 4) is 0 Å². The highest BCUT2D eigenvalue weighted by Crippen LogP contribution is 2.29. The number of hydrogen-bond donors (Lipinski definition) is 1. The average molecular weight is 270 g/mol. The van der Waals surface area contributed by atoms with E-state index in [4.69, 9.17) is 4.74 Å². The summed E-state index contributed by atoms with van der Waals surface area (Å²) in [4.78, 5) is 17.2. The van der Waals surface area contributed by atoms with E-state index in [2.05, 4.69) is 17.2 Å². The molecule has 0 aliphatic rings. The maximum atomic E-state index is 11.9. The summed E-state index contributed by atoms with van der Waals surface area (Å²) in [5.74, 6) is 0.290. The van der Waals surface area contributed by atoms with Crippen molar-refractivity contribution in [2.45, 2.75) is 39.5 Å². The number of esters is 1. The van der Waals surface area contributed by atoms with Crippen LogP contribution >= 0.6 is 11.3 Å². The Morgan fingerprint density at radius 3 is 2.61 bits per heavy atom. The van der Waals surface area contributed by atoms with Crippen LogP contribution in [0, 0.1) is 0 Å². The Morgan fingerprint density at radius 1 is 1.44 bits per heavy atom. The Morgan fingerprint density at radius 2 is 2.11 bits per heavy atom. The van der Waals surface area contributed by atoms with Crippen LogP contribution in [0.4, 0.5) is 0 Å². The second-order valence-electron chi connectivity index (χ2n) is 4.60. The van der Waals surface area contributed by atoms with Crippen molar-refractivity contribution in [2.24, 2.45) is 0 Å². The van der Waals surface area contributed by atoms with Crippen molar-refractivity contribution in [1.29, 1.82) is 0 Å². The van der Waals surface area contributed by atoms with Crippen LogP contribution in [0.3, 0.4) is 0 Å². The molecular formula is C13H22N2O2S. The number of carbonyl (C=O) groups is 1. The Balaban J connectivity index is 3.04. The van der Waals surface area contributed by atoms with E-state index in [0.29, 0.717) is 17.4 Å². The molecule has 0 amide bonds. The molecule has 1 atom stereocenters. The van der Waals surface area contributed by atoms with Gasteiger partial charge >= 0.3 is 5.97 Å². The Bertz CT molecular complexity index is 402. The summed E-state index contributed by atoms with van der Waals surface area (Å²) in [6, 6.07) is 0. The van der Waals surface area contributed by atoms with Crippen LogP contribution in [0.1, 0.15) is 59.9 Å². The summed E-state index contributed by atoms with van der Waals surface area (Å²) in [5, 5.41) is 4.13. The fraction of sp³-hybridized carbons (Fsp3) is 0.692. The van der Waals surface area contributed by atoms with Gasteiger partial charge in [-0.25, -0.2) is 9.78 Å². The molecule has 0 saturated heterocycles. The number of thiazole rings is 1. The van der Waals surface area contributed by atoms with Gasteiger partial charge in [0.1, 0.15) is 4.88 Å². The zero-order valence-corrected chi connectivity index (χ0v) is 12.6. The smallest absolute Gasteiger partial charge is 0.350 e. The number of nitrogens with one attached hydrogen (secondary N) is 1. The van der Waals surface area contributed by atoms with E-state index in [1.165, 1.54) is 11.3 Å². The minimum Gasteiger partial charge on any atom is -0.462 e. The standard InChI is InChI=1S/C13H22N2O2S/c1-6-17-13(16)11-10(8(2)3)15-12(18-11)9(4)7-14-5/h8-9,14H,6-7H2,1-5H3. The van der Waals surface area contributed by atoms with Crippen LogP contribution < -0.4 is 5.32 Å². The third-order valence-electron chi connectivity index (χ3n) is 2.61. The van der Waals surface area contributed by atoms with Crippen LogP contribution in [0.25, 0.3) is 0 Å². The summed E-state index contributed by atoms with van der Waals surface area (Å²) in [5.41, 5.74) is 0.858. The molecule has 1 aromatic heterocycles. The molecule has 0 bridgehead atoms. The molecule has 1 rings (SSSR count). The lowest BCUT2D eigenvalue weighted by Gasteiger charge is -2.06. The molecule has 0 saturated carbocycles. The average Bonchev–Trinajstić information content (AvgIpc) is 2.74. The third kappa shape index (κ3) is 3.53. The monoisotopic (exact) mass is 270 g/mol. The van der Waals surface area contributed by atoms with E-state index in [0.717, 1.165) is 17.2 Å². The van der Waals surface area contributed by atoms with E-state index in [1.54, 1.807) is 0 Å². The van der Waals surface area contributed by atoms with Gasteiger partial charge in [0, 0.05) is 12.5 Å². The zero-order chi connectivity index (χ0) is 13.7. The zero-order valence-electron chi connectivity index (χ0n) is 11.7. The van der Waals surface area contributed by atoms with Crippen LogP contribution in [0.2, 0.25) is 0 Å². The summed E-state index contributed by atoms with van der Waals surface area (Å²) in [6.45, 7) is 9.27. The van der Waals surface area contributed by atoms with Gasteiger partial charge in [-0.05, 0) is 19.9 Å². The van der Waals surface area contributed by atoms with Gasteiger partial charge in [0.25, 0.3) is 0 Å². The lowest BCUT2D eigenvalue weighted by atomic mass is 10.1. The molecule has 1 unspecified atom stereocenters. The summed E-state index contributed by atoms with van der Waals surface area (Å²) >= 11 is 1.46. The predicted octanol–water partition coefficient (Wildman–Crippen LogP) is 2.77. The largest absolute Gasteiger partial charge is 0.462 e. The number of carbonyl (C=O) groups excluding carboxylic acids is 1. The third-order valence-corrected chi connectivity index (χ3v) is 3.89. The second kappa shape index (κ2) is 6.85. The molecule has 4 nitrogen and oxygen atoms in total. The van der Waals surface area contributed by atoms with Crippen molar-refractivity contribution in [1.82, 2.24) is 10.3 Å². The quantitative estimate of drug-likeness (QED) is 0.808. The van der Waals surface area contributed by atoms with Gasteiger partial charge in [-0.15, -0.1) is 11.3 Å². The first kappa shape index (κ1) is 15.1. The van der Waals surface area contributed by atoms with Crippen LogP contribution in [-0.2, 0) is 4.74 Å². The maximum absolute atomic E-state index is 11.9. The van der Waals surface area contributed by atoms with Gasteiger partial charge in [0.2, 0.25) is 0 Å². The molecule has 0 fully saturated rings. The minimum atomic E-state index is -0.249. The van der Waals surface area contributed by atoms with Crippen molar-refractivity contribution in [3.63, 3.8) is 0 Å². The van der Waals surface area contributed by atoms with Gasteiger partial charge in [0.15, 0.2) is 0 Å². The van der Waals surface area contributed by atoms with Crippen LogP contribution in [-0.4, -0.2) is 31.2 Å². The van der Waals surface area contributed by atoms with Crippen molar-refractivity contribution in [2.75, 3.05) is 20.2 Å². The molecule has 102 valence electrons. The molecule has 0 spiro atoms. The van der Waals surface area contributed by atoms with Crippen molar-refractivity contribution >= 4 is 17.3 Å². The fourth-order valence-corrected chi connectivity index (χ4v) is 2.85. The van der Waals surface area contributed by atoms with Gasteiger partial charge in [-0.3, -0.25) is 0 Å². The van der Waals surface area contributed by atoms with Crippen LogP contribution in [0.15, 0.2) is 0 Å². The second-order valence-corrected chi connectivity index (χ2v) is 5.63. The number of hydrogen-bond acceptors (Lipinski definition) is 5. The number of likely N-dealkylation sites (N-methyl/N-ethyl adjacent to an activating group) is 1. The molecule has 5 heteroatoms. The predicted molar refractivity (Wildman–Crippen MR) is 74.5 cm³/mol. The number of nitrogens with zero attached hydrogens (tertiary/aromatic N) is 1. The SMILES string of the molecule is CCOC(=O)c1sc(C(C)CNC)nc1C(C)C. The summed E-state index contributed by atoms with van der Waals surface area (Å²) in [7, 11) is 1.92. The Hall–Kier alpha value is -0.940. The lowest BCUT2D eigenvalue weighted by molar-refractivity contribution is 0.0530. The minimum absolute atomic E-state index is 0.233. The van der Waals surface area contributed by atoms with Gasteiger partial charge in [0.05, 0.1) is 17.3 Å². The lowest BCUT2D eigenvalue weighted by Crippen LogP contribution is -2.14. The Kier molecular flexibility index (Phi) is 5.75. The number of ether oxygens (including phenoxy) is 1. The number of aromatic nitrogens is 1. The van der Waals surface area contributed by atoms with E-state index in [-0.39, 0.29) is 11.9 Å². The summed E-state index contributed by atoms with van der Waals surface area (Å²) < 4.78 is 5.09. The highest BCUT2D eigenvalue weighted by molar-refractivity contribution is 7.13. The normalized spacial score (nSPS) is 12.8. The summed E-state index contributed by atoms with van der Waals surface area (Å²) in [6.07, 6.45) is 0. The van der Waals surface area contributed by atoms with Crippen LogP contribution in [0.5, 0.6) is 0 Å². The molecule has 1 N–H and O–H groups in total. The van der Waals surface area contributed by atoms with E-state index < -0.39 is 0 Å². The Labute approximate surface area is 113 Å².